The summed E-state index contributed by atoms with van der Waals surface area (Å²) < 4.78 is 0. The van der Waals surface area contributed by atoms with Crippen LogP contribution in [0.25, 0.3) is 0 Å². The number of carbonyl (C=O) groups excluding carboxylic acids is 1. The summed E-state index contributed by atoms with van der Waals surface area (Å²) in [5.74, 6) is 1.83. The molecular weight excluding hydrogens is 352 g/mol. The van der Waals surface area contributed by atoms with Crippen LogP contribution in [0.3, 0.4) is 0 Å². The Bertz CT molecular complexity index is 773. The first kappa shape index (κ1) is 18.7. The zero-order valence-corrected chi connectivity index (χ0v) is 16.5. The summed E-state index contributed by atoms with van der Waals surface area (Å²) in [4.78, 5) is 32.6. The average Bonchev–Trinajstić information content (AvgIpc) is 2.79. The van der Waals surface area contributed by atoms with Gasteiger partial charge in [0.05, 0.1) is 5.56 Å². The predicted octanol–water partition coefficient (Wildman–Crippen LogP) is 2.60. The molecule has 2 aromatic heterocycles. The van der Waals surface area contributed by atoms with Gasteiger partial charge in [0.1, 0.15) is 5.82 Å². The van der Waals surface area contributed by atoms with Crippen LogP contribution < -0.4 is 9.80 Å². The number of carbonyl (C=O) groups is 1. The van der Waals surface area contributed by atoms with Gasteiger partial charge in [-0.2, -0.15) is 0 Å². The molecular formula is C21H28N6O. The van der Waals surface area contributed by atoms with Gasteiger partial charge in [0, 0.05) is 57.4 Å². The molecule has 1 unspecified atom stereocenters. The summed E-state index contributed by atoms with van der Waals surface area (Å²) in [5, 5.41) is 0. The Kier molecular flexibility index (Phi) is 5.69. The van der Waals surface area contributed by atoms with Gasteiger partial charge < -0.3 is 14.7 Å². The van der Waals surface area contributed by atoms with Crippen molar-refractivity contribution in [2.45, 2.75) is 38.6 Å². The number of piperazine rings is 1. The summed E-state index contributed by atoms with van der Waals surface area (Å²) in [7, 11) is 0. The highest BCUT2D eigenvalue weighted by atomic mass is 16.2. The molecule has 1 amide bonds. The molecule has 0 saturated carbocycles. The van der Waals surface area contributed by atoms with Crippen molar-refractivity contribution >= 4 is 17.7 Å². The fraction of sp³-hybridized carbons (Fsp3) is 0.524. The van der Waals surface area contributed by atoms with Crippen molar-refractivity contribution in [1.29, 1.82) is 0 Å². The topological polar surface area (TPSA) is 65.5 Å². The van der Waals surface area contributed by atoms with Crippen LogP contribution in [0.1, 0.15) is 43.0 Å². The third-order valence-corrected chi connectivity index (χ3v) is 5.79. The van der Waals surface area contributed by atoms with Gasteiger partial charge in [0.25, 0.3) is 5.91 Å². The number of piperidine rings is 1. The van der Waals surface area contributed by atoms with Crippen LogP contribution >= 0.6 is 0 Å². The smallest absolute Gasteiger partial charge is 0.255 e. The molecule has 2 fully saturated rings. The van der Waals surface area contributed by atoms with E-state index in [-0.39, 0.29) is 5.91 Å². The molecule has 0 aliphatic carbocycles. The highest BCUT2D eigenvalue weighted by Gasteiger charge is 2.26. The fourth-order valence-corrected chi connectivity index (χ4v) is 4.15. The first-order chi connectivity index (χ1) is 13.8. The van der Waals surface area contributed by atoms with E-state index in [0.29, 0.717) is 11.6 Å². The van der Waals surface area contributed by atoms with Crippen LogP contribution in [-0.2, 0) is 0 Å². The lowest BCUT2D eigenvalue weighted by atomic mass is 9.99. The molecule has 0 spiro atoms. The molecule has 4 rings (SSSR count). The molecule has 0 bridgehead atoms. The maximum Gasteiger partial charge on any atom is 0.255 e. The Labute approximate surface area is 166 Å². The van der Waals surface area contributed by atoms with Gasteiger partial charge in [-0.25, -0.2) is 15.0 Å². The molecule has 7 nitrogen and oxygen atoms in total. The molecule has 1 atom stereocenters. The molecule has 0 radical (unpaired) electrons. The zero-order valence-electron chi connectivity index (χ0n) is 16.5. The lowest BCUT2D eigenvalue weighted by Gasteiger charge is -2.36. The number of hydrogen-bond acceptors (Lipinski definition) is 6. The second-order valence-electron chi connectivity index (χ2n) is 7.48. The van der Waals surface area contributed by atoms with E-state index in [1.54, 1.807) is 18.6 Å². The van der Waals surface area contributed by atoms with E-state index >= 15 is 0 Å². The third-order valence-electron chi connectivity index (χ3n) is 5.79. The number of pyridine rings is 1. The molecule has 7 heteroatoms. The number of amides is 1. The van der Waals surface area contributed by atoms with Gasteiger partial charge in [0.2, 0.25) is 5.95 Å². The second-order valence-corrected chi connectivity index (χ2v) is 7.48. The van der Waals surface area contributed by atoms with Gasteiger partial charge >= 0.3 is 0 Å². The quantitative estimate of drug-likeness (QED) is 0.812. The standard InChI is InChI=1S/C21H28N6O/c1-2-18-6-3-4-11-27(18)20(28)17-7-8-19(24-16-17)25-12-14-26(15-13-25)21-22-9-5-10-23-21/h5,7-10,16,18H,2-4,6,11-15H2,1H3. The predicted molar refractivity (Wildman–Crippen MR) is 110 cm³/mol. The Morgan fingerprint density at radius 3 is 2.43 bits per heavy atom. The number of aromatic nitrogens is 3. The van der Waals surface area contributed by atoms with Gasteiger partial charge in [-0.1, -0.05) is 6.92 Å². The van der Waals surface area contributed by atoms with Crippen molar-refractivity contribution in [2.75, 3.05) is 42.5 Å². The van der Waals surface area contributed by atoms with Crippen LogP contribution in [0.2, 0.25) is 0 Å². The summed E-state index contributed by atoms with van der Waals surface area (Å²) >= 11 is 0. The van der Waals surface area contributed by atoms with Gasteiger partial charge in [-0.05, 0) is 43.9 Å². The molecule has 2 aliphatic rings. The third kappa shape index (κ3) is 3.93. The van der Waals surface area contributed by atoms with Crippen LogP contribution in [0.5, 0.6) is 0 Å². The van der Waals surface area contributed by atoms with E-state index in [2.05, 4.69) is 31.7 Å². The number of likely N-dealkylation sites (tertiary alicyclic amines) is 1. The zero-order chi connectivity index (χ0) is 19.3. The van der Waals surface area contributed by atoms with Crippen LogP contribution in [-0.4, -0.2) is 64.5 Å². The van der Waals surface area contributed by atoms with Crippen molar-refractivity contribution in [3.63, 3.8) is 0 Å². The van der Waals surface area contributed by atoms with E-state index in [9.17, 15) is 4.79 Å². The SMILES string of the molecule is CCC1CCCCN1C(=O)c1ccc(N2CCN(c3ncccn3)CC2)nc1. The van der Waals surface area contributed by atoms with E-state index in [1.807, 2.05) is 23.1 Å². The number of hydrogen-bond donors (Lipinski definition) is 0. The van der Waals surface area contributed by atoms with E-state index < -0.39 is 0 Å². The number of anilines is 2. The Hall–Kier alpha value is -2.70. The highest BCUT2D eigenvalue weighted by Crippen LogP contribution is 2.22. The summed E-state index contributed by atoms with van der Waals surface area (Å²) in [6.45, 7) is 6.47. The monoisotopic (exact) mass is 380 g/mol. The van der Waals surface area contributed by atoms with Crippen molar-refractivity contribution in [2.24, 2.45) is 0 Å². The maximum absolute atomic E-state index is 12.9. The first-order valence-corrected chi connectivity index (χ1v) is 10.3. The van der Waals surface area contributed by atoms with E-state index in [0.717, 1.165) is 63.8 Å². The number of nitrogens with zero attached hydrogens (tertiary/aromatic N) is 6. The van der Waals surface area contributed by atoms with Crippen LogP contribution in [0.4, 0.5) is 11.8 Å². The minimum Gasteiger partial charge on any atom is -0.353 e. The number of rotatable bonds is 4. The Balaban J connectivity index is 1.38. The molecule has 2 aliphatic heterocycles. The normalized spacial score (nSPS) is 20.3. The van der Waals surface area contributed by atoms with Gasteiger partial charge in [-0.3, -0.25) is 4.79 Å². The largest absolute Gasteiger partial charge is 0.353 e. The fourth-order valence-electron chi connectivity index (χ4n) is 4.15. The van der Waals surface area contributed by atoms with Crippen molar-refractivity contribution < 1.29 is 4.79 Å². The molecule has 2 aromatic rings. The van der Waals surface area contributed by atoms with Crippen molar-refractivity contribution in [3.8, 4) is 0 Å². The van der Waals surface area contributed by atoms with Crippen molar-refractivity contribution in [1.82, 2.24) is 19.9 Å². The summed E-state index contributed by atoms with van der Waals surface area (Å²) in [6.07, 6.45) is 9.75. The lowest BCUT2D eigenvalue weighted by molar-refractivity contribution is 0.0607. The summed E-state index contributed by atoms with van der Waals surface area (Å²) in [6, 6.07) is 6.11. The van der Waals surface area contributed by atoms with Gasteiger partial charge in [-0.15, -0.1) is 0 Å². The van der Waals surface area contributed by atoms with Crippen molar-refractivity contribution in [3.05, 3.63) is 42.4 Å². The van der Waals surface area contributed by atoms with E-state index in [1.165, 1.54) is 6.42 Å². The Morgan fingerprint density at radius 1 is 1.00 bits per heavy atom. The minimum atomic E-state index is 0.122. The first-order valence-electron chi connectivity index (χ1n) is 10.3. The minimum absolute atomic E-state index is 0.122. The Morgan fingerprint density at radius 2 is 1.75 bits per heavy atom. The molecule has 4 heterocycles. The van der Waals surface area contributed by atoms with Gasteiger partial charge in [0.15, 0.2) is 0 Å². The van der Waals surface area contributed by atoms with Crippen LogP contribution in [0.15, 0.2) is 36.8 Å². The lowest BCUT2D eigenvalue weighted by Crippen LogP contribution is -2.47. The second kappa shape index (κ2) is 8.54. The maximum atomic E-state index is 12.9. The summed E-state index contributed by atoms with van der Waals surface area (Å²) in [5.41, 5.74) is 0.695. The highest BCUT2D eigenvalue weighted by molar-refractivity contribution is 5.94. The molecule has 0 N–H and O–H groups in total. The molecule has 2 saturated heterocycles. The van der Waals surface area contributed by atoms with E-state index in [4.69, 9.17) is 0 Å². The average molecular weight is 380 g/mol. The molecule has 148 valence electrons. The van der Waals surface area contributed by atoms with Crippen LogP contribution in [0, 0.1) is 0 Å². The molecule has 28 heavy (non-hydrogen) atoms. The molecule has 0 aromatic carbocycles.